The van der Waals surface area contributed by atoms with Crippen LogP contribution in [0.15, 0.2) is 11.2 Å². The number of nitrogens with one attached hydrogen (secondary N) is 1. The van der Waals surface area contributed by atoms with E-state index in [1.165, 1.54) is 23.0 Å². The molecule has 0 saturated carbocycles. The SMILES string of the molecule is CSc1nc(N)cc(NCCn2nc(C)c(C)c2C)n1. The van der Waals surface area contributed by atoms with Crippen molar-refractivity contribution in [1.29, 1.82) is 0 Å². The Kier molecular flexibility index (Phi) is 4.49. The number of nitrogens with zero attached hydrogens (tertiary/aromatic N) is 4. The lowest BCUT2D eigenvalue weighted by molar-refractivity contribution is 0.613. The monoisotopic (exact) mass is 292 g/mol. The minimum atomic E-state index is 0.480. The molecule has 0 radical (unpaired) electrons. The Labute approximate surface area is 123 Å². The zero-order valence-electron chi connectivity index (χ0n) is 12.3. The Morgan fingerprint density at radius 2 is 2.05 bits per heavy atom. The molecule has 3 N–H and O–H groups in total. The van der Waals surface area contributed by atoms with Gasteiger partial charge in [0.2, 0.25) is 0 Å². The van der Waals surface area contributed by atoms with Gasteiger partial charge in [-0.3, -0.25) is 4.68 Å². The second-order valence-corrected chi connectivity index (χ2v) is 5.38. The lowest BCUT2D eigenvalue weighted by atomic mass is 10.2. The van der Waals surface area contributed by atoms with Crippen molar-refractivity contribution in [3.05, 3.63) is 23.0 Å². The van der Waals surface area contributed by atoms with Gasteiger partial charge in [0.15, 0.2) is 5.16 Å². The Hall–Kier alpha value is -1.76. The van der Waals surface area contributed by atoms with Crippen molar-refractivity contribution < 1.29 is 0 Å². The van der Waals surface area contributed by atoms with Gasteiger partial charge in [-0.2, -0.15) is 5.10 Å². The van der Waals surface area contributed by atoms with Crippen LogP contribution in [-0.2, 0) is 6.54 Å². The van der Waals surface area contributed by atoms with Gasteiger partial charge in [-0.05, 0) is 32.6 Å². The van der Waals surface area contributed by atoms with Crippen molar-refractivity contribution in [2.45, 2.75) is 32.5 Å². The lowest BCUT2D eigenvalue weighted by Gasteiger charge is -2.08. The van der Waals surface area contributed by atoms with E-state index < -0.39 is 0 Å². The van der Waals surface area contributed by atoms with Crippen molar-refractivity contribution in [1.82, 2.24) is 19.7 Å². The van der Waals surface area contributed by atoms with Crippen LogP contribution in [0.1, 0.15) is 17.0 Å². The smallest absolute Gasteiger partial charge is 0.191 e. The van der Waals surface area contributed by atoms with Gasteiger partial charge in [0.25, 0.3) is 0 Å². The fourth-order valence-corrected chi connectivity index (χ4v) is 2.31. The molecule has 0 atom stereocenters. The van der Waals surface area contributed by atoms with E-state index in [1.807, 2.05) is 17.9 Å². The molecule has 0 saturated heterocycles. The summed E-state index contributed by atoms with van der Waals surface area (Å²) in [6.45, 7) is 7.74. The number of hydrogen-bond acceptors (Lipinski definition) is 6. The summed E-state index contributed by atoms with van der Waals surface area (Å²) < 4.78 is 2.01. The molecule has 2 rings (SSSR count). The molecule has 108 valence electrons. The van der Waals surface area contributed by atoms with E-state index in [0.29, 0.717) is 11.0 Å². The van der Waals surface area contributed by atoms with Crippen LogP contribution in [0.3, 0.4) is 0 Å². The highest BCUT2D eigenvalue weighted by Gasteiger charge is 2.07. The third-order valence-corrected chi connectivity index (χ3v) is 3.83. The highest BCUT2D eigenvalue weighted by atomic mass is 32.2. The van der Waals surface area contributed by atoms with Gasteiger partial charge < -0.3 is 11.1 Å². The normalized spacial score (nSPS) is 10.8. The summed E-state index contributed by atoms with van der Waals surface area (Å²) in [5, 5.41) is 8.44. The minimum Gasteiger partial charge on any atom is -0.383 e. The van der Waals surface area contributed by atoms with E-state index in [9.17, 15) is 0 Å². The van der Waals surface area contributed by atoms with E-state index in [4.69, 9.17) is 5.73 Å². The molecule has 6 nitrogen and oxygen atoms in total. The van der Waals surface area contributed by atoms with Crippen LogP contribution in [0.2, 0.25) is 0 Å². The number of aryl methyl sites for hydroxylation is 1. The largest absolute Gasteiger partial charge is 0.383 e. The number of nitrogens with two attached hydrogens (primary N) is 1. The summed E-state index contributed by atoms with van der Waals surface area (Å²) in [7, 11) is 0. The van der Waals surface area contributed by atoms with Gasteiger partial charge in [-0.25, -0.2) is 9.97 Å². The average molecular weight is 292 g/mol. The van der Waals surface area contributed by atoms with Crippen LogP contribution in [0.4, 0.5) is 11.6 Å². The lowest BCUT2D eigenvalue weighted by Crippen LogP contribution is -2.14. The first-order valence-corrected chi connectivity index (χ1v) is 7.66. The van der Waals surface area contributed by atoms with Crippen LogP contribution in [0.25, 0.3) is 0 Å². The summed E-state index contributed by atoms with van der Waals surface area (Å²) in [5.41, 5.74) is 9.28. The van der Waals surface area contributed by atoms with E-state index in [0.717, 1.165) is 24.6 Å². The summed E-state index contributed by atoms with van der Waals surface area (Å²) in [4.78, 5) is 8.48. The molecule has 0 aliphatic heterocycles. The number of hydrogen-bond donors (Lipinski definition) is 2. The molecule has 0 aliphatic carbocycles. The van der Waals surface area contributed by atoms with Crippen LogP contribution in [0.5, 0.6) is 0 Å². The topological polar surface area (TPSA) is 81.6 Å². The Morgan fingerprint density at radius 3 is 2.65 bits per heavy atom. The van der Waals surface area contributed by atoms with Crippen molar-refractivity contribution in [3.8, 4) is 0 Å². The van der Waals surface area contributed by atoms with E-state index >= 15 is 0 Å². The quantitative estimate of drug-likeness (QED) is 0.648. The molecule has 20 heavy (non-hydrogen) atoms. The van der Waals surface area contributed by atoms with Crippen molar-refractivity contribution >= 4 is 23.4 Å². The Bertz CT molecular complexity index is 607. The fraction of sp³-hybridized carbons (Fsp3) is 0.462. The average Bonchev–Trinajstić information content (AvgIpc) is 2.66. The van der Waals surface area contributed by atoms with E-state index in [1.54, 1.807) is 6.07 Å². The van der Waals surface area contributed by atoms with Gasteiger partial charge in [0.1, 0.15) is 11.6 Å². The van der Waals surface area contributed by atoms with E-state index in [2.05, 4.69) is 34.2 Å². The standard InChI is InChI=1S/C13H20N6S/c1-8-9(2)18-19(10(8)3)6-5-15-12-7-11(14)16-13(17-12)20-4/h7H,5-6H2,1-4H3,(H3,14,15,16,17). The maximum Gasteiger partial charge on any atom is 0.191 e. The summed E-state index contributed by atoms with van der Waals surface area (Å²) >= 11 is 1.47. The second-order valence-electron chi connectivity index (χ2n) is 4.61. The van der Waals surface area contributed by atoms with Gasteiger partial charge >= 0.3 is 0 Å². The maximum absolute atomic E-state index is 5.74. The maximum atomic E-state index is 5.74. The van der Waals surface area contributed by atoms with Crippen molar-refractivity contribution in [2.75, 3.05) is 23.9 Å². The summed E-state index contributed by atoms with van der Waals surface area (Å²) in [5.74, 6) is 1.23. The first kappa shape index (κ1) is 14.6. The van der Waals surface area contributed by atoms with Crippen molar-refractivity contribution in [2.24, 2.45) is 0 Å². The summed E-state index contributed by atoms with van der Waals surface area (Å²) in [6.07, 6.45) is 1.93. The molecule has 0 amide bonds. The zero-order valence-corrected chi connectivity index (χ0v) is 13.1. The first-order chi connectivity index (χ1) is 9.51. The Morgan fingerprint density at radius 1 is 1.30 bits per heavy atom. The first-order valence-electron chi connectivity index (χ1n) is 6.44. The fourth-order valence-electron chi connectivity index (χ4n) is 1.92. The molecule has 0 aliphatic rings. The number of thioether (sulfide) groups is 1. The molecule has 2 aromatic rings. The van der Waals surface area contributed by atoms with Crippen LogP contribution in [-0.4, -0.2) is 32.5 Å². The molecule has 0 bridgehead atoms. The zero-order chi connectivity index (χ0) is 14.7. The van der Waals surface area contributed by atoms with E-state index in [-0.39, 0.29) is 0 Å². The van der Waals surface area contributed by atoms with Gasteiger partial charge in [0, 0.05) is 18.3 Å². The van der Waals surface area contributed by atoms with Gasteiger partial charge in [-0.15, -0.1) is 0 Å². The van der Waals surface area contributed by atoms with Crippen molar-refractivity contribution in [3.63, 3.8) is 0 Å². The summed E-state index contributed by atoms with van der Waals surface area (Å²) in [6, 6.07) is 1.74. The molecular formula is C13H20N6S. The third kappa shape index (κ3) is 3.22. The predicted molar refractivity (Wildman–Crippen MR) is 83.2 cm³/mol. The predicted octanol–water partition coefficient (Wildman–Crippen LogP) is 2.01. The molecule has 0 fully saturated rings. The molecule has 0 aromatic carbocycles. The third-order valence-electron chi connectivity index (χ3n) is 3.28. The number of rotatable bonds is 5. The molecule has 0 spiro atoms. The second kappa shape index (κ2) is 6.13. The molecular weight excluding hydrogens is 272 g/mol. The highest BCUT2D eigenvalue weighted by molar-refractivity contribution is 7.98. The molecule has 2 aromatic heterocycles. The number of nitrogen functional groups attached to an aromatic ring is 1. The molecule has 0 unspecified atom stereocenters. The van der Waals surface area contributed by atoms with Crippen LogP contribution in [0, 0.1) is 20.8 Å². The number of aromatic nitrogens is 4. The highest BCUT2D eigenvalue weighted by Crippen LogP contribution is 2.15. The minimum absolute atomic E-state index is 0.480. The van der Waals surface area contributed by atoms with Gasteiger partial charge in [-0.1, -0.05) is 11.8 Å². The van der Waals surface area contributed by atoms with Crippen LogP contribution < -0.4 is 11.1 Å². The molecule has 2 heterocycles. The number of anilines is 2. The Balaban J connectivity index is 1.99. The van der Waals surface area contributed by atoms with Gasteiger partial charge in [0.05, 0.1) is 12.2 Å². The molecule has 7 heteroatoms. The van der Waals surface area contributed by atoms with Crippen LogP contribution >= 0.6 is 11.8 Å².